The average Bonchev–Trinajstić information content (AvgIpc) is 2.83. The Labute approximate surface area is 110 Å². The first kappa shape index (κ1) is 12.8. The summed E-state index contributed by atoms with van der Waals surface area (Å²) in [5.74, 6) is 0. The van der Waals surface area contributed by atoms with Gasteiger partial charge in [0.05, 0.1) is 14.6 Å². The highest BCUT2D eigenvalue weighted by atomic mass is 32.2. The lowest BCUT2D eigenvalue weighted by atomic mass is 10.3. The van der Waals surface area contributed by atoms with Crippen LogP contribution in [0.5, 0.6) is 0 Å². The van der Waals surface area contributed by atoms with Gasteiger partial charge in [-0.15, -0.1) is 4.36 Å². The molecule has 6 heteroatoms. The van der Waals surface area contributed by atoms with Crippen molar-refractivity contribution in [3.8, 4) is 0 Å². The molecule has 18 heavy (non-hydrogen) atoms. The molecule has 2 amide bonds. The third-order valence-electron chi connectivity index (χ3n) is 2.21. The Morgan fingerprint density at radius 2 is 2.00 bits per heavy atom. The van der Waals surface area contributed by atoms with Crippen LogP contribution < -0.4 is 5.32 Å². The molecule has 0 unspecified atom stereocenters. The fourth-order valence-corrected chi connectivity index (χ4v) is 3.62. The number of thiophene rings is 1. The van der Waals surface area contributed by atoms with Gasteiger partial charge in [0, 0.05) is 17.3 Å². The predicted octanol–water partition coefficient (Wildman–Crippen LogP) is 3.44. The molecule has 0 aliphatic rings. The Bertz CT molecular complexity index is 642. The van der Waals surface area contributed by atoms with E-state index in [0.717, 1.165) is 0 Å². The third kappa shape index (κ3) is 3.18. The van der Waals surface area contributed by atoms with Gasteiger partial charge in [0.1, 0.15) is 0 Å². The molecular weight excluding hydrogens is 268 g/mol. The smallest absolute Gasteiger partial charge is 0.306 e. The van der Waals surface area contributed by atoms with Crippen LogP contribution in [0.3, 0.4) is 0 Å². The highest BCUT2D eigenvalue weighted by Gasteiger charge is 2.09. The molecule has 2 rings (SSSR count). The number of carbonyl (C=O) groups is 1. The minimum atomic E-state index is -2.66. The first-order valence-corrected chi connectivity index (χ1v) is 8.05. The van der Waals surface area contributed by atoms with Crippen LogP contribution in [0.25, 0.3) is 0 Å². The number of carbonyl (C=O) groups excluding carboxylic acids is 1. The first-order valence-electron chi connectivity index (χ1n) is 5.18. The second-order valence-electron chi connectivity index (χ2n) is 3.65. The van der Waals surface area contributed by atoms with Crippen molar-refractivity contribution < 1.29 is 9.00 Å². The Morgan fingerprint density at radius 1 is 1.28 bits per heavy atom. The lowest BCUT2D eigenvalue weighted by molar-refractivity contribution is 0.260. The van der Waals surface area contributed by atoms with Crippen LogP contribution in [0.15, 0.2) is 56.4 Å². The van der Waals surface area contributed by atoms with Crippen molar-refractivity contribution in [1.29, 1.82) is 0 Å². The number of hydrogen-bond acceptors (Lipinski definition) is 3. The largest absolute Gasteiger partial charge is 0.353 e. The Balaban J connectivity index is 2.19. The van der Waals surface area contributed by atoms with Gasteiger partial charge < -0.3 is 5.32 Å². The molecule has 0 spiro atoms. The molecule has 1 atom stereocenters. The van der Waals surface area contributed by atoms with Crippen molar-refractivity contribution in [2.24, 2.45) is 4.36 Å². The zero-order valence-corrected chi connectivity index (χ0v) is 11.3. The van der Waals surface area contributed by atoms with Gasteiger partial charge in [0.15, 0.2) is 0 Å². The molecule has 0 saturated carbocycles. The van der Waals surface area contributed by atoms with Crippen molar-refractivity contribution in [3.05, 3.63) is 47.2 Å². The molecule has 2 aromatic rings. The van der Waals surface area contributed by atoms with Crippen molar-refractivity contribution in [1.82, 2.24) is 0 Å². The van der Waals surface area contributed by atoms with Crippen LogP contribution in [-0.4, -0.2) is 16.5 Å². The molecule has 1 aromatic carbocycles. The summed E-state index contributed by atoms with van der Waals surface area (Å²) in [4.78, 5) is 12.2. The summed E-state index contributed by atoms with van der Waals surface area (Å²) >= 11 is 1.43. The molecule has 1 aromatic heterocycles. The number of nitrogens with zero attached hydrogens (tertiary/aromatic N) is 1. The minimum Gasteiger partial charge on any atom is -0.306 e. The number of benzene rings is 1. The van der Waals surface area contributed by atoms with E-state index in [1.165, 1.54) is 17.6 Å². The first-order chi connectivity index (χ1) is 8.58. The van der Waals surface area contributed by atoms with E-state index >= 15 is 0 Å². The van der Waals surface area contributed by atoms with E-state index in [-0.39, 0.29) is 0 Å². The van der Waals surface area contributed by atoms with E-state index in [2.05, 4.69) is 9.68 Å². The lowest BCUT2D eigenvalue weighted by Crippen LogP contribution is -2.09. The number of nitrogens with one attached hydrogen (secondary N) is 1. The Kier molecular flexibility index (Phi) is 3.78. The quantitative estimate of drug-likeness (QED) is 0.916. The summed E-state index contributed by atoms with van der Waals surface area (Å²) in [5.41, 5.74) is 0.631. The summed E-state index contributed by atoms with van der Waals surface area (Å²) in [6.07, 6.45) is 1.46. The fourth-order valence-electron chi connectivity index (χ4n) is 1.35. The Hall–Kier alpha value is -1.66. The maximum atomic E-state index is 12.2. The van der Waals surface area contributed by atoms with Crippen molar-refractivity contribution in [2.75, 3.05) is 11.6 Å². The van der Waals surface area contributed by atoms with E-state index in [9.17, 15) is 9.00 Å². The monoisotopic (exact) mass is 280 g/mol. The van der Waals surface area contributed by atoms with E-state index in [1.54, 1.807) is 35.7 Å². The zero-order chi connectivity index (χ0) is 13.0. The lowest BCUT2D eigenvalue weighted by Gasteiger charge is -2.03. The van der Waals surface area contributed by atoms with Crippen LogP contribution in [-0.2, 0) is 9.73 Å². The maximum absolute atomic E-state index is 12.2. The molecule has 0 fully saturated rings. The molecule has 0 aliphatic heterocycles. The van der Waals surface area contributed by atoms with Gasteiger partial charge in [-0.3, -0.25) is 0 Å². The van der Waals surface area contributed by atoms with Gasteiger partial charge in [-0.25, -0.2) is 9.00 Å². The number of anilines is 1. The van der Waals surface area contributed by atoms with E-state index in [1.807, 2.05) is 11.4 Å². The molecule has 0 radical (unpaired) electrons. The van der Waals surface area contributed by atoms with Gasteiger partial charge in [-0.05, 0) is 23.6 Å². The van der Waals surface area contributed by atoms with Gasteiger partial charge in [0.25, 0.3) is 0 Å². The molecule has 1 heterocycles. The van der Waals surface area contributed by atoms with Crippen LogP contribution in [0.2, 0.25) is 0 Å². The highest BCUT2D eigenvalue weighted by Crippen LogP contribution is 2.15. The topological polar surface area (TPSA) is 58.5 Å². The molecule has 94 valence electrons. The highest BCUT2D eigenvalue weighted by molar-refractivity contribution is 7.93. The van der Waals surface area contributed by atoms with Gasteiger partial charge in [0.2, 0.25) is 0 Å². The summed E-state index contributed by atoms with van der Waals surface area (Å²) in [6, 6.07) is 10.1. The minimum absolute atomic E-state index is 0.579. The van der Waals surface area contributed by atoms with Crippen LogP contribution in [0.4, 0.5) is 10.5 Å². The zero-order valence-electron chi connectivity index (χ0n) is 9.70. The fraction of sp³-hybridized carbons (Fsp3) is 0.0833. The van der Waals surface area contributed by atoms with Crippen molar-refractivity contribution in [2.45, 2.75) is 4.90 Å². The summed E-state index contributed by atoms with van der Waals surface area (Å²) in [6.45, 7) is 0. The maximum Gasteiger partial charge on any atom is 0.353 e. The number of urea groups is 1. The second-order valence-corrected chi connectivity index (χ2v) is 6.69. The van der Waals surface area contributed by atoms with Crippen molar-refractivity contribution >= 4 is 32.8 Å². The summed E-state index contributed by atoms with van der Waals surface area (Å²) < 4.78 is 16.0. The molecule has 4 nitrogen and oxygen atoms in total. The van der Waals surface area contributed by atoms with Crippen LogP contribution >= 0.6 is 11.3 Å². The van der Waals surface area contributed by atoms with Gasteiger partial charge in [-0.1, -0.05) is 18.2 Å². The molecule has 1 N–H and O–H groups in total. The van der Waals surface area contributed by atoms with Crippen LogP contribution in [0, 0.1) is 0 Å². The van der Waals surface area contributed by atoms with Crippen molar-refractivity contribution in [3.63, 3.8) is 0 Å². The predicted molar refractivity (Wildman–Crippen MR) is 74.5 cm³/mol. The van der Waals surface area contributed by atoms with Gasteiger partial charge >= 0.3 is 6.03 Å². The molecule has 0 saturated heterocycles. The standard InChI is InChI=1S/C12H12N2O2S2/c1-18(16,11-7-8-17-9-11)14-12(15)13-10-5-3-2-4-6-10/h2-9H,1H3,(H,13,15)/t18-/m1/s1. The van der Waals surface area contributed by atoms with E-state index in [4.69, 9.17) is 0 Å². The van der Waals surface area contributed by atoms with E-state index < -0.39 is 15.8 Å². The van der Waals surface area contributed by atoms with Crippen LogP contribution in [0.1, 0.15) is 0 Å². The van der Waals surface area contributed by atoms with E-state index in [0.29, 0.717) is 10.6 Å². The molecule has 0 bridgehead atoms. The summed E-state index contributed by atoms with van der Waals surface area (Å²) in [7, 11) is -2.66. The summed E-state index contributed by atoms with van der Waals surface area (Å²) in [5, 5.41) is 6.12. The number of rotatable bonds is 2. The normalized spacial score (nSPS) is 13.6. The second kappa shape index (κ2) is 5.32. The van der Waals surface area contributed by atoms with Gasteiger partial charge in [-0.2, -0.15) is 11.3 Å². The number of hydrogen-bond donors (Lipinski definition) is 1. The number of amides is 2. The number of para-hydroxylation sites is 1. The Morgan fingerprint density at radius 3 is 2.61 bits per heavy atom. The third-order valence-corrected chi connectivity index (χ3v) is 4.69. The molecular formula is C12H12N2O2S2. The SMILES string of the molecule is C[S@](=O)(=NC(=O)Nc1ccccc1)c1ccsc1. The average molecular weight is 280 g/mol. The molecule has 0 aliphatic carbocycles.